The van der Waals surface area contributed by atoms with E-state index in [2.05, 4.69) is 10.2 Å². The molecule has 0 atom stereocenters. The first-order chi connectivity index (χ1) is 5.59. The molecule has 0 unspecified atom stereocenters. The number of aryl methyl sites for hydroxylation is 1. The maximum absolute atomic E-state index is 10.7. The van der Waals surface area contributed by atoms with Gasteiger partial charge in [0.2, 0.25) is 5.78 Å². The first-order valence-corrected chi connectivity index (χ1v) is 3.36. The minimum Gasteiger partial charge on any atom is -0.475 e. The highest BCUT2D eigenvalue weighted by Crippen LogP contribution is 1.98. The Labute approximate surface area is 68.4 Å². The quantitative estimate of drug-likeness (QED) is 0.618. The Kier molecular flexibility index (Phi) is 2.23. The van der Waals surface area contributed by atoms with Crippen molar-refractivity contribution in [3.05, 3.63) is 17.5 Å². The van der Waals surface area contributed by atoms with Gasteiger partial charge in [-0.05, 0) is 13.0 Å². The monoisotopic (exact) mass is 168 g/mol. The number of carboxylic acids is 1. The molecule has 1 aromatic heterocycles. The predicted octanol–water partition coefficient (Wildman–Crippen LogP) is -0.0857. The van der Waals surface area contributed by atoms with E-state index in [0.29, 0.717) is 5.69 Å². The largest absolute Gasteiger partial charge is 0.475 e. The van der Waals surface area contributed by atoms with Crippen LogP contribution < -0.4 is 0 Å². The van der Waals surface area contributed by atoms with Crippen LogP contribution in [0.1, 0.15) is 11.4 Å². The lowest BCUT2D eigenvalue weighted by Crippen LogP contribution is -2.15. The van der Waals surface area contributed by atoms with Crippen molar-refractivity contribution in [3.8, 4) is 0 Å². The van der Waals surface area contributed by atoms with Gasteiger partial charge in [0.25, 0.3) is 0 Å². The summed E-state index contributed by atoms with van der Waals surface area (Å²) >= 11 is 0. The van der Waals surface area contributed by atoms with Crippen molar-refractivity contribution >= 4 is 11.8 Å². The maximum atomic E-state index is 10.7. The van der Waals surface area contributed by atoms with Crippen LogP contribution in [0.15, 0.2) is 6.07 Å². The number of aromatic nitrogens is 2. The van der Waals surface area contributed by atoms with Gasteiger partial charge in [-0.3, -0.25) is 9.89 Å². The second kappa shape index (κ2) is 3.17. The Hall–Kier alpha value is -1.65. The van der Waals surface area contributed by atoms with Crippen LogP contribution in [0.3, 0.4) is 0 Å². The normalized spacial score (nSPS) is 9.75. The molecule has 0 aliphatic rings. The summed E-state index contributed by atoms with van der Waals surface area (Å²) in [6.45, 7) is 1.78. The molecular formula is C7H8N2O3. The van der Waals surface area contributed by atoms with E-state index in [-0.39, 0.29) is 6.42 Å². The molecule has 0 saturated carbocycles. The number of Topliss-reactive ketones (excluding diaryl/α,β-unsaturated/α-hetero) is 1. The highest BCUT2D eigenvalue weighted by atomic mass is 16.4. The summed E-state index contributed by atoms with van der Waals surface area (Å²) < 4.78 is 0. The average Bonchev–Trinajstić information content (AvgIpc) is 2.35. The zero-order chi connectivity index (χ0) is 9.14. The molecular weight excluding hydrogens is 160 g/mol. The lowest BCUT2D eigenvalue weighted by Gasteiger charge is -1.88. The van der Waals surface area contributed by atoms with Gasteiger partial charge in [-0.2, -0.15) is 5.10 Å². The van der Waals surface area contributed by atoms with Gasteiger partial charge in [0.15, 0.2) is 0 Å². The van der Waals surface area contributed by atoms with E-state index in [9.17, 15) is 9.59 Å². The molecule has 2 N–H and O–H groups in total. The highest BCUT2D eigenvalue weighted by molar-refractivity contribution is 6.33. The Balaban J connectivity index is 2.64. The summed E-state index contributed by atoms with van der Waals surface area (Å²) in [5, 5.41) is 14.6. The van der Waals surface area contributed by atoms with E-state index in [1.165, 1.54) is 0 Å². The molecule has 1 heterocycles. The van der Waals surface area contributed by atoms with Crippen molar-refractivity contribution in [1.82, 2.24) is 10.2 Å². The van der Waals surface area contributed by atoms with Gasteiger partial charge in [0.05, 0.1) is 12.1 Å². The molecule has 64 valence electrons. The van der Waals surface area contributed by atoms with Crippen LogP contribution in [-0.4, -0.2) is 27.1 Å². The molecule has 0 aliphatic carbocycles. The number of nitrogens with zero attached hydrogens (tertiary/aromatic N) is 1. The fraction of sp³-hybridized carbons (Fsp3) is 0.286. The molecule has 1 rings (SSSR count). The lowest BCUT2D eigenvalue weighted by atomic mass is 10.2. The second-order valence-electron chi connectivity index (χ2n) is 2.45. The van der Waals surface area contributed by atoms with Crippen molar-refractivity contribution in [2.24, 2.45) is 0 Å². The van der Waals surface area contributed by atoms with Gasteiger partial charge in [0, 0.05) is 5.69 Å². The summed E-state index contributed by atoms with van der Waals surface area (Å²) in [5.41, 5.74) is 1.27. The third-order valence-corrected chi connectivity index (χ3v) is 1.34. The Morgan fingerprint density at radius 2 is 2.33 bits per heavy atom. The number of aromatic amines is 1. The molecule has 0 fully saturated rings. The minimum absolute atomic E-state index is 0.153. The molecule has 0 spiro atoms. The first-order valence-electron chi connectivity index (χ1n) is 3.36. The summed E-state index contributed by atoms with van der Waals surface area (Å²) in [6.07, 6.45) is -0.153. The summed E-state index contributed by atoms with van der Waals surface area (Å²) in [5.74, 6) is -2.27. The zero-order valence-electron chi connectivity index (χ0n) is 6.50. The first kappa shape index (κ1) is 8.45. The number of carbonyl (C=O) groups excluding carboxylic acids is 1. The third-order valence-electron chi connectivity index (χ3n) is 1.34. The summed E-state index contributed by atoms with van der Waals surface area (Å²) in [7, 11) is 0. The topological polar surface area (TPSA) is 83.1 Å². The maximum Gasteiger partial charge on any atom is 0.372 e. The minimum atomic E-state index is -1.42. The third kappa shape index (κ3) is 1.91. The van der Waals surface area contributed by atoms with E-state index in [1.54, 1.807) is 13.0 Å². The number of nitrogens with one attached hydrogen (secondary N) is 1. The molecule has 0 bridgehead atoms. The fourth-order valence-corrected chi connectivity index (χ4v) is 0.805. The van der Waals surface area contributed by atoms with Gasteiger partial charge >= 0.3 is 5.97 Å². The van der Waals surface area contributed by atoms with Gasteiger partial charge in [0.1, 0.15) is 0 Å². The zero-order valence-corrected chi connectivity index (χ0v) is 6.50. The molecule has 12 heavy (non-hydrogen) atoms. The van der Waals surface area contributed by atoms with Crippen LogP contribution in [0.25, 0.3) is 0 Å². The van der Waals surface area contributed by atoms with Crippen molar-refractivity contribution in [2.45, 2.75) is 13.3 Å². The number of hydrogen-bond acceptors (Lipinski definition) is 3. The lowest BCUT2D eigenvalue weighted by molar-refractivity contribution is -0.148. The second-order valence-corrected chi connectivity index (χ2v) is 2.45. The van der Waals surface area contributed by atoms with Gasteiger partial charge in [-0.15, -0.1) is 0 Å². The number of aliphatic carboxylic acids is 1. The van der Waals surface area contributed by atoms with Crippen molar-refractivity contribution in [1.29, 1.82) is 0 Å². The predicted molar refractivity (Wildman–Crippen MR) is 39.7 cm³/mol. The van der Waals surface area contributed by atoms with E-state index in [1.807, 2.05) is 0 Å². The number of ketones is 1. The SMILES string of the molecule is Cc1cc(CC(=O)C(=O)O)n[nH]1. The standard InChI is InChI=1S/C7H8N2O3/c1-4-2-5(9-8-4)3-6(10)7(11)12/h2H,3H2,1H3,(H,8,9)(H,11,12). The molecule has 0 aliphatic heterocycles. The number of rotatable bonds is 3. The van der Waals surface area contributed by atoms with Crippen molar-refractivity contribution in [2.75, 3.05) is 0 Å². The molecule has 0 amide bonds. The van der Waals surface area contributed by atoms with Crippen LogP contribution in [0.2, 0.25) is 0 Å². The number of hydrogen-bond donors (Lipinski definition) is 2. The molecule has 0 saturated heterocycles. The summed E-state index contributed by atoms with van der Waals surface area (Å²) in [4.78, 5) is 20.8. The van der Waals surface area contributed by atoms with Gasteiger partial charge in [-0.1, -0.05) is 0 Å². The Bertz CT molecular complexity index is 316. The number of carboxylic acid groups (broad SMARTS) is 1. The van der Waals surface area contributed by atoms with Crippen LogP contribution in [0.5, 0.6) is 0 Å². The van der Waals surface area contributed by atoms with E-state index in [4.69, 9.17) is 5.11 Å². The Morgan fingerprint density at radius 1 is 1.67 bits per heavy atom. The summed E-state index contributed by atoms with van der Waals surface area (Å²) in [6, 6.07) is 1.64. The van der Waals surface area contributed by atoms with Gasteiger partial charge in [-0.25, -0.2) is 4.79 Å². The van der Waals surface area contributed by atoms with E-state index in [0.717, 1.165) is 5.69 Å². The fourth-order valence-electron chi connectivity index (χ4n) is 0.805. The highest BCUT2D eigenvalue weighted by Gasteiger charge is 2.13. The Morgan fingerprint density at radius 3 is 2.75 bits per heavy atom. The molecule has 5 heteroatoms. The van der Waals surface area contributed by atoms with Crippen LogP contribution in [0, 0.1) is 6.92 Å². The van der Waals surface area contributed by atoms with Crippen LogP contribution >= 0.6 is 0 Å². The number of H-pyrrole nitrogens is 1. The van der Waals surface area contributed by atoms with Crippen molar-refractivity contribution < 1.29 is 14.7 Å². The molecule has 5 nitrogen and oxygen atoms in total. The average molecular weight is 168 g/mol. The smallest absolute Gasteiger partial charge is 0.372 e. The van der Waals surface area contributed by atoms with E-state index < -0.39 is 11.8 Å². The van der Waals surface area contributed by atoms with Crippen LogP contribution in [-0.2, 0) is 16.0 Å². The number of carbonyl (C=O) groups is 2. The van der Waals surface area contributed by atoms with E-state index >= 15 is 0 Å². The molecule has 1 aromatic rings. The van der Waals surface area contributed by atoms with Crippen molar-refractivity contribution in [3.63, 3.8) is 0 Å². The van der Waals surface area contributed by atoms with Crippen LogP contribution in [0.4, 0.5) is 0 Å². The molecule has 0 aromatic carbocycles. The van der Waals surface area contributed by atoms with Gasteiger partial charge < -0.3 is 5.11 Å². The molecule has 0 radical (unpaired) electrons.